The Hall–Kier alpha value is -3.13. The number of carbonyl (C=O) groups excluding carboxylic acids is 2. The van der Waals surface area contributed by atoms with Crippen molar-refractivity contribution in [1.29, 1.82) is 0 Å². The van der Waals surface area contributed by atoms with Crippen LogP contribution in [0.5, 0.6) is 0 Å². The predicted octanol–water partition coefficient (Wildman–Crippen LogP) is 4.07. The van der Waals surface area contributed by atoms with E-state index in [1.807, 2.05) is 37.4 Å². The van der Waals surface area contributed by atoms with Gasteiger partial charge in [0.05, 0.1) is 12.2 Å². The largest absolute Gasteiger partial charge is 0.343 e. The second kappa shape index (κ2) is 8.26. The van der Waals surface area contributed by atoms with Crippen molar-refractivity contribution >= 4 is 28.3 Å². The van der Waals surface area contributed by atoms with Crippen molar-refractivity contribution in [1.82, 2.24) is 10.3 Å². The highest BCUT2D eigenvalue weighted by molar-refractivity contribution is 7.14. The summed E-state index contributed by atoms with van der Waals surface area (Å²) in [5.41, 5.74) is 3.81. The monoisotopic (exact) mass is 401 g/mol. The van der Waals surface area contributed by atoms with Crippen LogP contribution in [0.3, 0.4) is 0 Å². The third-order valence-electron chi connectivity index (χ3n) is 4.09. The van der Waals surface area contributed by atoms with Crippen LogP contribution in [0.2, 0.25) is 0 Å². The molecule has 0 aliphatic heterocycles. The lowest BCUT2D eigenvalue weighted by Gasteiger charge is -2.06. The molecule has 0 atom stereocenters. The third kappa shape index (κ3) is 4.77. The van der Waals surface area contributed by atoms with Gasteiger partial charge in [-0.3, -0.25) is 9.59 Å². The number of aryl methyl sites for hydroxylation is 2. The molecule has 5 nitrogen and oxygen atoms in total. The molecule has 0 fully saturated rings. The van der Waals surface area contributed by atoms with E-state index in [1.165, 1.54) is 16.9 Å². The highest BCUT2D eigenvalue weighted by atomic mass is 32.1. The van der Waals surface area contributed by atoms with Gasteiger partial charge in [0.1, 0.15) is 11.6 Å². The summed E-state index contributed by atoms with van der Waals surface area (Å²) in [5.74, 6) is -2.97. The quantitative estimate of drug-likeness (QED) is 0.677. The van der Waals surface area contributed by atoms with Gasteiger partial charge in [0, 0.05) is 22.6 Å². The van der Waals surface area contributed by atoms with Crippen LogP contribution in [0.1, 0.15) is 21.5 Å². The van der Waals surface area contributed by atoms with E-state index in [0.717, 1.165) is 29.0 Å². The molecule has 1 heterocycles. The third-order valence-corrected chi connectivity index (χ3v) is 4.85. The molecule has 1 aromatic heterocycles. The molecule has 28 heavy (non-hydrogen) atoms. The van der Waals surface area contributed by atoms with Crippen LogP contribution in [0.25, 0.3) is 11.3 Å². The maximum atomic E-state index is 13.2. The van der Waals surface area contributed by atoms with E-state index in [9.17, 15) is 18.4 Å². The van der Waals surface area contributed by atoms with Gasteiger partial charge >= 0.3 is 0 Å². The number of carbonyl (C=O) groups is 2. The van der Waals surface area contributed by atoms with Gasteiger partial charge in [-0.05, 0) is 43.2 Å². The molecule has 0 saturated heterocycles. The number of hydrogen-bond acceptors (Lipinski definition) is 4. The Kier molecular flexibility index (Phi) is 5.79. The highest BCUT2D eigenvalue weighted by Gasteiger charge is 2.12. The van der Waals surface area contributed by atoms with E-state index in [4.69, 9.17) is 0 Å². The second-order valence-electron chi connectivity index (χ2n) is 6.23. The van der Waals surface area contributed by atoms with Crippen LogP contribution in [-0.2, 0) is 4.79 Å². The zero-order chi connectivity index (χ0) is 20.3. The smallest absolute Gasteiger partial charge is 0.251 e. The number of anilines is 1. The number of aromatic nitrogens is 1. The number of halogens is 2. The molecule has 2 N–H and O–H groups in total. The fourth-order valence-electron chi connectivity index (χ4n) is 2.48. The first-order chi connectivity index (χ1) is 13.3. The lowest BCUT2D eigenvalue weighted by Crippen LogP contribution is -2.32. The Morgan fingerprint density at radius 3 is 2.43 bits per heavy atom. The van der Waals surface area contributed by atoms with Crippen molar-refractivity contribution < 1.29 is 18.4 Å². The van der Waals surface area contributed by atoms with Crippen molar-refractivity contribution in [3.05, 3.63) is 70.1 Å². The molecule has 144 valence electrons. The summed E-state index contributed by atoms with van der Waals surface area (Å²) in [4.78, 5) is 28.3. The molecule has 2 aromatic carbocycles. The van der Waals surface area contributed by atoms with Gasteiger partial charge < -0.3 is 10.6 Å². The number of rotatable bonds is 5. The topological polar surface area (TPSA) is 71.1 Å². The average Bonchev–Trinajstić information content (AvgIpc) is 3.09. The summed E-state index contributed by atoms with van der Waals surface area (Å²) >= 11 is 1.26. The Morgan fingerprint density at radius 2 is 1.75 bits per heavy atom. The Balaban J connectivity index is 1.58. The number of nitrogens with one attached hydrogen (secondary N) is 2. The number of amides is 2. The van der Waals surface area contributed by atoms with E-state index in [2.05, 4.69) is 15.6 Å². The van der Waals surface area contributed by atoms with Crippen LogP contribution in [-0.4, -0.2) is 23.3 Å². The SMILES string of the molecule is Cc1ccc(-c2csc(NC(=O)CNC(=O)c3cc(F)cc(F)c3)n2)cc1C. The van der Waals surface area contributed by atoms with Crippen LogP contribution < -0.4 is 10.6 Å². The first kappa shape index (κ1) is 19.6. The van der Waals surface area contributed by atoms with Crippen molar-refractivity contribution in [3.8, 4) is 11.3 Å². The first-order valence-corrected chi connectivity index (χ1v) is 9.27. The molecule has 0 unspecified atom stereocenters. The van der Waals surface area contributed by atoms with Gasteiger partial charge in [-0.2, -0.15) is 0 Å². The van der Waals surface area contributed by atoms with Gasteiger partial charge in [-0.1, -0.05) is 12.1 Å². The molecule has 0 aliphatic carbocycles. The van der Waals surface area contributed by atoms with Crippen molar-refractivity contribution in [2.45, 2.75) is 13.8 Å². The molecular formula is C20H17F2N3O2S. The molecule has 0 spiro atoms. The van der Waals surface area contributed by atoms with E-state index < -0.39 is 23.4 Å². The fourth-order valence-corrected chi connectivity index (χ4v) is 3.21. The minimum Gasteiger partial charge on any atom is -0.343 e. The van der Waals surface area contributed by atoms with E-state index in [-0.39, 0.29) is 12.1 Å². The summed E-state index contributed by atoms with van der Waals surface area (Å²) in [6, 6.07) is 8.45. The van der Waals surface area contributed by atoms with Crippen LogP contribution in [0.4, 0.5) is 13.9 Å². The van der Waals surface area contributed by atoms with E-state index >= 15 is 0 Å². The number of nitrogens with zero attached hydrogens (tertiary/aromatic N) is 1. The van der Waals surface area contributed by atoms with Crippen LogP contribution in [0, 0.1) is 25.5 Å². The van der Waals surface area contributed by atoms with Gasteiger partial charge in [0.15, 0.2) is 5.13 Å². The molecular weight excluding hydrogens is 384 g/mol. The van der Waals surface area contributed by atoms with Crippen molar-refractivity contribution in [3.63, 3.8) is 0 Å². The predicted molar refractivity (Wildman–Crippen MR) is 104 cm³/mol. The van der Waals surface area contributed by atoms with Gasteiger partial charge in [0.25, 0.3) is 5.91 Å². The summed E-state index contributed by atoms with van der Waals surface area (Å²) in [6.45, 7) is 3.69. The van der Waals surface area contributed by atoms with E-state index in [1.54, 1.807) is 0 Å². The first-order valence-electron chi connectivity index (χ1n) is 8.39. The van der Waals surface area contributed by atoms with Crippen LogP contribution in [0.15, 0.2) is 41.8 Å². The highest BCUT2D eigenvalue weighted by Crippen LogP contribution is 2.26. The van der Waals surface area contributed by atoms with Crippen molar-refractivity contribution in [2.75, 3.05) is 11.9 Å². The molecule has 8 heteroatoms. The Bertz CT molecular complexity index is 1030. The van der Waals surface area contributed by atoms with Gasteiger partial charge in [0.2, 0.25) is 5.91 Å². The molecule has 0 bridgehead atoms. The Labute approximate surface area is 164 Å². The minimum absolute atomic E-state index is 0.198. The van der Waals surface area contributed by atoms with Gasteiger partial charge in [-0.25, -0.2) is 13.8 Å². The average molecular weight is 401 g/mol. The summed E-state index contributed by atoms with van der Waals surface area (Å²) in [6.07, 6.45) is 0. The van der Waals surface area contributed by atoms with Crippen molar-refractivity contribution in [2.24, 2.45) is 0 Å². The molecule has 2 amide bonds. The van der Waals surface area contributed by atoms with E-state index in [0.29, 0.717) is 11.2 Å². The summed E-state index contributed by atoms with van der Waals surface area (Å²) in [5, 5.41) is 7.13. The van der Waals surface area contributed by atoms with Gasteiger partial charge in [-0.15, -0.1) is 11.3 Å². The zero-order valence-electron chi connectivity index (χ0n) is 15.2. The molecule has 3 aromatic rings. The Morgan fingerprint density at radius 1 is 1.04 bits per heavy atom. The number of thiazole rings is 1. The molecule has 0 saturated carbocycles. The molecule has 3 rings (SSSR count). The molecule has 0 radical (unpaired) electrons. The molecule has 0 aliphatic rings. The lowest BCUT2D eigenvalue weighted by atomic mass is 10.1. The second-order valence-corrected chi connectivity index (χ2v) is 7.08. The summed E-state index contributed by atoms with van der Waals surface area (Å²) in [7, 11) is 0. The maximum Gasteiger partial charge on any atom is 0.251 e. The lowest BCUT2D eigenvalue weighted by molar-refractivity contribution is -0.115. The number of benzene rings is 2. The zero-order valence-corrected chi connectivity index (χ0v) is 16.0. The number of hydrogen-bond donors (Lipinski definition) is 2. The minimum atomic E-state index is -0.865. The standard InChI is InChI=1S/C20H17F2N3O2S/c1-11-3-4-13(5-12(11)2)17-10-28-20(24-17)25-18(26)9-23-19(27)14-6-15(21)8-16(22)7-14/h3-8,10H,9H2,1-2H3,(H,23,27)(H,24,25,26). The fraction of sp³-hybridized carbons (Fsp3) is 0.150. The normalized spacial score (nSPS) is 10.6. The maximum absolute atomic E-state index is 13.2. The summed E-state index contributed by atoms with van der Waals surface area (Å²) < 4.78 is 26.3. The van der Waals surface area contributed by atoms with Crippen LogP contribution >= 0.6 is 11.3 Å².